The first-order valence-electron chi connectivity index (χ1n) is 4.04. The highest BCUT2D eigenvalue weighted by Gasteiger charge is 2.36. The van der Waals surface area contributed by atoms with Gasteiger partial charge in [-0.2, -0.15) is 13.2 Å². The van der Waals surface area contributed by atoms with E-state index in [4.69, 9.17) is 0 Å². The molecule has 84 valence electrons. The van der Waals surface area contributed by atoms with Gasteiger partial charge < -0.3 is 9.78 Å². The van der Waals surface area contributed by atoms with E-state index in [0.717, 1.165) is 0 Å². The molecule has 1 heterocycles. The van der Waals surface area contributed by atoms with Crippen molar-refractivity contribution in [1.29, 1.82) is 0 Å². The molecule has 0 amide bonds. The number of rotatable bonds is 1. The summed E-state index contributed by atoms with van der Waals surface area (Å²) in [4.78, 5) is 26.0. The molecule has 0 spiro atoms. The van der Waals surface area contributed by atoms with Crippen LogP contribution in [0.2, 0.25) is 0 Å². The smallest absolute Gasteiger partial charge is 0.312 e. The summed E-state index contributed by atoms with van der Waals surface area (Å²) < 4.78 is 37.2. The summed E-state index contributed by atoms with van der Waals surface area (Å²) in [6, 6.07) is 0. The molecule has 0 unspecified atom stereocenters. The summed E-state index contributed by atoms with van der Waals surface area (Å²) in [6.07, 6.45) is -3.92. The number of aromatic amines is 1. The largest absolute Gasteiger partial charge is 0.434 e. The Morgan fingerprint density at radius 2 is 2.19 bits per heavy atom. The lowest BCUT2D eigenvalue weighted by atomic mass is 10.2. The van der Waals surface area contributed by atoms with E-state index in [1.165, 1.54) is 0 Å². The van der Waals surface area contributed by atoms with Crippen molar-refractivity contribution in [3.05, 3.63) is 27.9 Å². The van der Waals surface area contributed by atoms with Gasteiger partial charge in [0.25, 0.3) is 5.56 Å². The van der Waals surface area contributed by atoms with Crippen LogP contribution in [0.5, 0.6) is 0 Å². The Morgan fingerprint density at radius 3 is 2.75 bits per heavy atom. The van der Waals surface area contributed by atoms with Gasteiger partial charge >= 0.3 is 6.18 Å². The van der Waals surface area contributed by atoms with Gasteiger partial charge in [0, 0.05) is 0 Å². The average Bonchev–Trinajstić information content (AvgIpc) is 2.19. The summed E-state index contributed by atoms with van der Waals surface area (Å²) >= 11 is 0. The predicted molar refractivity (Wildman–Crippen MR) is 47.4 cm³/mol. The molecule has 1 rings (SSSR count). The van der Waals surface area contributed by atoms with Crippen molar-refractivity contribution in [2.45, 2.75) is 12.6 Å². The molecule has 0 bridgehead atoms. The van der Waals surface area contributed by atoms with Crippen LogP contribution in [0.4, 0.5) is 13.2 Å². The number of H-pyrrole nitrogens is 1. The number of hydrogen-bond acceptors (Lipinski definition) is 3. The van der Waals surface area contributed by atoms with Crippen LogP contribution in [0.3, 0.4) is 0 Å². The summed E-state index contributed by atoms with van der Waals surface area (Å²) in [6.45, 7) is 0. The fraction of sp³-hybridized carbons (Fsp3) is 0.222. The van der Waals surface area contributed by atoms with E-state index in [9.17, 15) is 22.8 Å². The van der Waals surface area contributed by atoms with Crippen LogP contribution in [0.1, 0.15) is 17.7 Å². The van der Waals surface area contributed by atoms with Gasteiger partial charge in [0.05, 0.1) is 12.7 Å². The lowest BCUT2D eigenvalue weighted by Gasteiger charge is -2.05. The van der Waals surface area contributed by atoms with E-state index in [1.807, 2.05) is 10.9 Å². The lowest BCUT2D eigenvalue weighted by molar-refractivity contribution is -0.141. The van der Waals surface area contributed by atoms with Crippen LogP contribution in [0, 0.1) is 11.8 Å². The molecule has 1 aromatic heterocycles. The average molecular weight is 230 g/mol. The molecule has 1 N–H and O–H groups in total. The molecule has 1 aromatic rings. The molecule has 16 heavy (non-hydrogen) atoms. The molecule has 0 atom stereocenters. The first-order valence-corrected chi connectivity index (χ1v) is 4.04. The number of hydrogen-bond donors (Lipinski definition) is 1. The van der Waals surface area contributed by atoms with Gasteiger partial charge in [-0.25, -0.2) is 4.98 Å². The third-order valence-corrected chi connectivity index (χ3v) is 1.52. The summed E-state index contributed by atoms with van der Waals surface area (Å²) in [5.41, 5.74) is -3.12. The number of alkyl halides is 3. The van der Waals surface area contributed by atoms with Crippen LogP contribution in [0.25, 0.3) is 0 Å². The van der Waals surface area contributed by atoms with Gasteiger partial charge in [0.15, 0.2) is 5.69 Å². The number of nitrogens with zero attached hydrogens (tertiary/aromatic N) is 1. The molecular formula is C9H5F3N2O2. The van der Waals surface area contributed by atoms with Gasteiger partial charge in [0.2, 0.25) is 0 Å². The number of carbonyl (C=O) groups is 1. The molecule has 4 nitrogen and oxygen atoms in total. The number of nitrogens with one attached hydrogen (secondary N) is 1. The molecule has 0 aliphatic rings. The zero-order valence-electron chi connectivity index (χ0n) is 7.76. The van der Waals surface area contributed by atoms with Crippen molar-refractivity contribution in [1.82, 2.24) is 9.97 Å². The van der Waals surface area contributed by atoms with E-state index >= 15 is 0 Å². The normalized spacial score (nSPS) is 10.4. The number of aldehydes is 1. The van der Waals surface area contributed by atoms with Crippen LogP contribution in [0.15, 0.2) is 11.1 Å². The van der Waals surface area contributed by atoms with Crippen LogP contribution in [-0.2, 0) is 11.0 Å². The quantitative estimate of drug-likeness (QED) is 0.571. The molecule has 0 saturated heterocycles. The minimum absolute atomic E-state index is 0.244. The SMILES string of the molecule is O=CCC#Cc1c(C(F)(F)F)nc[nH]c1=O. The molecule has 0 aromatic carbocycles. The van der Waals surface area contributed by atoms with Crippen molar-refractivity contribution in [3.63, 3.8) is 0 Å². The Labute approximate surface area is 87.5 Å². The van der Waals surface area contributed by atoms with Gasteiger partial charge in [0.1, 0.15) is 11.8 Å². The Kier molecular flexibility index (Phi) is 3.45. The van der Waals surface area contributed by atoms with Crippen molar-refractivity contribution in [3.8, 4) is 11.8 Å². The minimum Gasteiger partial charge on any atom is -0.312 e. The second kappa shape index (κ2) is 4.61. The van der Waals surface area contributed by atoms with E-state index in [0.29, 0.717) is 12.6 Å². The highest BCUT2D eigenvalue weighted by molar-refractivity contribution is 5.55. The van der Waals surface area contributed by atoms with Crippen LogP contribution >= 0.6 is 0 Å². The maximum Gasteiger partial charge on any atom is 0.434 e. The predicted octanol–water partition coefficient (Wildman–Crippen LogP) is 0.729. The molecule has 0 aliphatic heterocycles. The molecule has 0 saturated carbocycles. The lowest BCUT2D eigenvalue weighted by Crippen LogP contribution is -2.20. The highest BCUT2D eigenvalue weighted by atomic mass is 19.4. The molecule has 0 radical (unpaired) electrons. The zero-order valence-corrected chi connectivity index (χ0v) is 7.76. The van der Waals surface area contributed by atoms with E-state index in [-0.39, 0.29) is 6.42 Å². The summed E-state index contributed by atoms with van der Waals surface area (Å²) in [7, 11) is 0. The summed E-state index contributed by atoms with van der Waals surface area (Å²) in [5.74, 6) is 4.11. The first-order chi connectivity index (χ1) is 7.46. The van der Waals surface area contributed by atoms with E-state index in [1.54, 1.807) is 0 Å². The Bertz CT molecular complexity index is 508. The fourth-order valence-electron chi connectivity index (χ4n) is 0.912. The molecular weight excluding hydrogens is 225 g/mol. The van der Waals surface area contributed by atoms with Crippen LogP contribution < -0.4 is 5.56 Å². The van der Waals surface area contributed by atoms with Crippen molar-refractivity contribution >= 4 is 6.29 Å². The van der Waals surface area contributed by atoms with Crippen molar-refractivity contribution in [2.75, 3.05) is 0 Å². The topological polar surface area (TPSA) is 62.8 Å². The highest BCUT2D eigenvalue weighted by Crippen LogP contribution is 2.28. The van der Waals surface area contributed by atoms with E-state index < -0.39 is 23.0 Å². The Hall–Kier alpha value is -2.10. The third-order valence-electron chi connectivity index (χ3n) is 1.52. The van der Waals surface area contributed by atoms with Gasteiger partial charge in [-0.1, -0.05) is 11.8 Å². The fourth-order valence-corrected chi connectivity index (χ4v) is 0.912. The minimum atomic E-state index is -4.75. The molecule has 0 fully saturated rings. The number of carbonyl (C=O) groups excluding carboxylic acids is 1. The van der Waals surface area contributed by atoms with Gasteiger partial charge in [-0.05, 0) is 0 Å². The first kappa shape index (κ1) is 12.0. The van der Waals surface area contributed by atoms with Crippen molar-refractivity contribution < 1.29 is 18.0 Å². The van der Waals surface area contributed by atoms with Crippen LogP contribution in [-0.4, -0.2) is 16.3 Å². The van der Waals surface area contributed by atoms with Gasteiger partial charge in [-0.3, -0.25) is 4.79 Å². The zero-order chi connectivity index (χ0) is 12.2. The standard InChI is InChI=1S/C9H5F3N2O2/c10-9(11,12)7-6(3-1-2-4-15)8(16)14-5-13-7/h4-5H,2H2,(H,13,14,16). The third kappa shape index (κ3) is 2.70. The summed E-state index contributed by atoms with van der Waals surface area (Å²) in [5, 5.41) is 0. The van der Waals surface area contributed by atoms with Gasteiger partial charge in [-0.15, -0.1) is 0 Å². The monoisotopic (exact) mass is 230 g/mol. The van der Waals surface area contributed by atoms with Crippen molar-refractivity contribution in [2.24, 2.45) is 0 Å². The number of halogens is 3. The van der Waals surface area contributed by atoms with E-state index in [2.05, 4.69) is 10.9 Å². The molecule has 0 aliphatic carbocycles. The Balaban J connectivity index is 3.32. The second-order valence-corrected chi connectivity index (χ2v) is 2.63. The number of aromatic nitrogens is 2. The second-order valence-electron chi connectivity index (χ2n) is 2.63. The maximum atomic E-state index is 12.4. The Morgan fingerprint density at radius 1 is 1.50 bits per heavy atom. The molecule has 7 heteroatoms. The maximum absolute atomic E-state index is 12.4.